The average Bonchev–Trinajstić information content (AvgIpc) is 2.46. The van der Waals surface area contributed by atoms with Crippen LogP contribution in [-0.4, -0.2) is 12.9 Å². The van der Waals surface area contributed by atoms with E-state index in [9.17, 15) is 4.79 Å². The SMILES string of the molecule is COc1ccc(C(C)=O)cc1COc1ccc(N)cc1. The van der Waals surface area contributed by atoms with Gasteiger partial charge in [0.2, 0.25) is 0 Å². The lowest BCUT2D eigenvalue weighted by atomic mass is 10.1. The first-order valence-electron chi connectivity index (χ1n) is 6.26. The Balaban J connectivity index is 2.16. The maximum atomic E-state index is 11.4. The molecule has 0 amide bonds. The normalized spacial score (nSPS) is 10.1. The highest BCUT2D eigenvalue weighted by Crippen LogP contribution is 2.23. The Morgan fingerprint density at radius 1 is 1.15 bits per heavy atom. The van der Waals surface area contributed by atoms with Gasteiger partial charge in [0.15, 0.2) is 5.78 Å². The smallest absolute Gasteiger partial charge is 0.159 e. The van der Waals surface area contributed by atoms with Gasteiger partial charge in [-0.25, -0.2) is 0 Å². The number of ketones is 1. The van der Waals surface area contributed by atoms with Crippen LogP contribution < -0.4 is 15.2 Å². The number of hydrogen-bond donors (Lipinski definition) is 1. The number of nitrogen functional groups attached to an aromatic ring is 1. The number of ether oxygens (including phenoxy) is 2. The predicted molar refractivity (Wildman–Crippen MR) is 78.2 cm³/mol. The summed E-state index contributed by atoms with van der Waals surface area (Å²) in [6.45, 7) is 1.86. The molecule has 2 aromatic rings. The van der Waals surface area contributed by atoms with Gasteiger partial charge in [-0.3, -0.25) is 4.79 Å². The largest absolute Gasteiger partial charge is 0.496 e. The molecule has 0 saturated heterocycles. The van der Waals surface area contributed by atoms with E-state index < -0.39 is 0 Å². The summed E-state index contributed by atoms with van der Waals surface area (Å²) < 4.78 is 11.0. The van der Waals surface area contributed by atoms with E-state index in [0.717, 1.165) is 11.3 Å². The molecule has 0 heterocycles. The van der Waals surface area contributed by atoms with E-state index in [-0.39, 0.29) is 5.78 Å². The molecule has 2 N–H and O–H groups in total. The molecule has 0 aromatic heterocycles. The molecular formula is C16H17NO3. The van der Waals surface area contributed by atoms with Gasteiger partial charge in [0.1, 0.15) is 18.1 Å². The Morgan fingerprint density at radius 2 is 1.85 bits per heavy atom. The van der Waals surface area contributed by atoms with E-state index in [1.54, 1.807) is 49.6 Å². The van der Waals surface area contributed by atoms with Gasteiger partial charge in [0, 0.05) is 16.8 Å². The molecule has 0 bridgehead atoms. The van der Waals surface area contributed by atoms with Crippen LogP contribution in [0.25, 0.3) is 0 Å². The fourth-order valence-corrected chi connectivity index (χ4v) is 1.84. The first-order chi connectivity index (χ1) is 9.60. The van der Waals surface area contributed by atoms with Gasteiger partial charge in [0.25, 0.3) is 0 Å². The fourth-order valence-electron chi connectivity index (χ4n) is 1.84. The van der Waals surface area contributed by atoms with Gasteiger partial charge in [-0.1, -0.05) is 0 Å². The number of methoxy groups -OCH3 is 1. The molecule has 2 rings (SSSR count). The van der Waals surface area contributed by atoms with Crippen LogP contribution in [0.5, 0.6) is 11.5 Å². The third-order valence-electron chi connectivity index (χ3n) is 2.96. The Hall–Kier alpha value is -2.49. The van der Waals surface area contributed by atoms with Crippen molar-refractivity contribution in [2.45, 2.75) is 13.5 Å². The summed E-state index contributed by atoms with van der Waals surface area (Å²) in [5, 5.41) is 0. The molecular weight excluding hydrogens is 254 g/mol. The zero-order valence-electron chi connectivity index (χ0n) is 11.6. The van der Waals surface area contributed by atoms with Crippen LogP contribution in [0.15, 0.2) is 42.5 Å². The van der Waals surface area contributed by atoms with Crippen LogP contribution in [0.4, 0.5) is 5.69 Å². The van der Waals surface area contributed by atoms with Crippen molar-refractivity contribution >= 4 is 11.5 Å². The number of hydrogen-bond acceptors (Lipinski definition) is 4. The van der Waals surface area contributed by atoms with Gasteiger partial charge in [-0.15, -0.1) is 0 Å². The summed E-state index contributed by atoms with van der Waals surface area (Å²) in [4.78, 5) is 11.4. The molecule has 0 aliphatic rings. The maximum absolute atomic E-state index is 11.4. The molecule has 0 unspecified atom stereocenters. The Morgan fingerprint density at radius 3 is 2.45 bits per heavy atom. The molecule has 20 heavy (non-hydrogen) atoms. The number of benzene rings is 2. The molecule has 0 aliphatic heterocycles. The molecule has 0 atom stereocenters. The number of Topliss-reactive ketones (excluding diaryl/α,β-unsaturated/α-hetero) is 1. The third-order valence-corrected chi connectivity index (χ3v) is 2.96. The first-order valence-corrected chi connectivity index (χ1v) is 6.26. The summed E-state index contributed by atoms with van der Waals surface area (Å²) in [7, 11) is 1.59. The predicted octanol–water partition coefficient (Wildman–Crippen LogP) is 3.06. The Kier molecular flexibility index (Phi) is 4.25. The van der Waals surface area contributed by atoms with Crippen molar-refractivity contribution in [3.63, 3.8) is 0 Å². The van der Waals surface area contributed by atoms with Gasteiger partial charge in [-0.2, -0.15) is 0 Å². The first kappa shape index (κ1) is 13.9. The average molecular weight is 271 g/mol. The van der Waals surface area contributed by atoms with Gasteiger partial charge in [0.05, 0.1) is 7.11 Å². The lowest BCUT2D eigenvalue weighted by molar-refractivity contribution is 0.101. The highest BCUT2D eigenvalue weighted by Gasteiger charge is 2.08. The maximum Gasteiger partial charge on any atom is 0.159 e. The highest BCUT2D eigenvalue weighted by molar-refractivity contribution is 5.94. The van der Waals surface area contributed by atoms with Crippen LogP contribution in [0.3, 0.4) is 0 Å². The second-order valence-electron chi connectivity index (χ2n) is 4.44. The topological polar surface area (TPSA) is 61.5 Å². The van der Waals surface area contributed by atoms with Gasteiger partial charge in [-0.05, 0) is 49.4 Å². The summed E-state index contributed by atoms with van der Waals surface area (Å²) in [6.07, 6.45) is 0. The van der Waals surface area contributed by atoms with Crippen molar-refractivity contribution in [2.75, 3.05) is 12.8 Å². The van der Waals surface area contributed by atoms with Crippen LogP contribution in [0.1, 0.15) is 22.8 Å². The van der Waals surface area contributed by atoms with E-state index in [2.05, 4.69) is 0 Å². The second-order valence-corrected chi connectivity index (χ2v) is 4.44. The molecule has 0 radical (unpaired) electrons. The van der Waals surface area contributed by atoms with Crippen molar-refractivity contribution in [1.29, 1.82) is 0 Å². The summed E-state index contributed by atoms with van der Waals surface area (Å²) >= 11 is 0. The standard InChI is InChI=1S/C16H17NO3/c1-11(18)12-3-8-16(19-2)13(9-12)10-20-15-6-4-14(17)5-7-15/h3-9H,10,17H2,1-2H3. The Labute approximate surface area is 118 Å². The highest BCUT2D eigenvalue weighted by atomic mass is 16.5. The fraction of sp³-hybridized carbons (Fsp3) is 0.188. The molecule has 2 aromatic carbocycles. The molecule has 0 saturated carbocycles. The molecule has 0 aliphatic carbocycles. The van der Waals surface area contributed by atoms with Crippen LogP contribution in [0, 0.1) is 0 Å². The van der Waals surface area contributed by atoms with Crippen LogP contribution in [0.2, 0.25) is 0 Å². The number of carbonyl (C=O) groups excluding carboxylic acids is 1. The molecule has 0 spiro atoms. The van der Waals surface area contributed by atoms with E-state index in [4.69, 9.17) is 15.2 Å². The molecule has 4 nitrogen and oxygen atoms in total. The zero-order valence-corrected chi connectivity index (χ0v) is 11.6. The lowest BCUT2D eigenvalue weighted by Gasteiger charge is -2.11. The lowest BCUT2D eigenvalue weighted by Crippen LogP contribution is -2.02. The number of nitrogens with two attached hydrogens (primary N) is 1. The summed E-state index contributed by atoms with van der Waals surface area (Å²) in [5.41, 5.74) is 7.78. The van der Waals surface area contributed by atoms with Crippen LogP contribution >= 0.6 is 0 Å². The molecule has 0 fully saturated rings. The van der Waals surface area contributed by atoms with Gasteiger partial charge < -0.3 is 15.2 Å². The third kappa shape index (κ3) is 3.29. The van der Waals surface area contributed by atoms with Crippen molar-refractivity contribution < 1.29 is 14.3 Å². The van der Waals surface area contributed by atoms with Crippen molar-refractivity contribution in [3.8, 4) is 11.5 Å². The number of rotatable bonds is 5. The number of anilines is 1. The van der Waals surface area contributed by atoms with Crippen molar-refractivity contribution in [1.82, 2.24) is 0 Å². The van der Waals surface area contributed by atoms with E-state index in [1.807, 2.05) is 0 Å². The van der Waals surface area contributed by atoms with Crippen LogP contribution in [-0.2, 0) is 6.61 Å². The minimum atomic E-state index is 0.0152. The quantitative estimate of drug-likeness (QED) is 0.670. The van der Waals surface area contributed by atoms with E-state index >= 15 is 0 Å². The van der Waals surface area contributed by atoms with Gasteiger partial charge >= 0.3 is 0 Å². The minimum absolute atomic E-state index is 0.0152. The molecule has 104 valence electrons. The minimum Gasteiger partial charge on any atom is -0.496 e. The Bertz CT molecular complexity index is 606. The number of carbonyl (C=O) groups is 1. The van der Waals surface area contributed by atoms with E-state index in [0.29, 0.717) is 23.6 Å². The summed E-state index contributed by atoms with van der Waals surface area (Å²) in [6, 6.07) is 12.5. The van der Waals surface area contributed by atoms with Crippen molar-refractivity contribution in [2.24, 2.45) is 0 Å². The molecule has 4 heteroatoms. The second kappa shape index (κ2) is 6.10. The van der Waals surface area contributed by atoms with E-state index in [1.165, 1.54) is 6.92 Å². The zero-order chi connectivity index (χ0) is 14.5. The van der Waals surface area contributed by atoms with Crippen molar-refractivity contribution in [3.05, 3.63) is 53.6 Å². The summed E-state index contributed by atoms with van der Waals surface area (Å²) in [5.74, 6) is 1.43. The monoisotopic (exact) mass is 271 g/mol.